The number of nitrogens with two attached hydrogens (primary N) is 1. The number of hydrogen-bond acceptors (Lipinski definition) is 20. The van der Waals surface area contributed by atoms with Gasteiger partial charge in [0.15, 0.2) is 45.9 Å². The molecule has 3 atom stereocenters. The standard InChI is InChI=1S/C23H23FN6O.2C22H23FN6O.C21H21FN6O/c1-15-11-29-12-16(9-19(24)23(29)25-15)20-10-22(31)30-14-18(4-5-21(30)26-20)28-8-7-27-6-2-3-17(27)13-28;2*1-14-10-28-11-15(8-18(23)22(28)24-14)19-9-21(30)29-13-17(4-5-20(29)25-19)27-7-6-16(12-27)26(2)3;1-13-10-27-11-14(8-17(22)21(27)24-13)18-9-20(29)28-12-16(2-3-19(28)25-18)26-6-4-15(23)5-7-26/h4-5,9-12,14,17H,2-3,6-8,13H2,1H3;2*4-5,8-11,13,16H,6-7,12H2,1-3H3;2-3,8-12,15H,4-7,23H2,1H3/t17-;2*16-;/m110./s1. The van der Waals surface area contributed by atoms with Crippen molar-refractivity contribution in [3.8, 4) is 45.0 Å². The molecule has 5 fully saturated rings. The fourth-order valence-electron chi connectivity index (χ4n) is 17.2. The SMILES string of the molecule is Cc1cn2cc(-c3cc(=O)n4cc(N5CCC(N)CC5)ccc4n3)cc(F)c2n1.Cc1cn2cc(-c3cc(=O)n4cc(N5CCN6CCC[C@@H]6C5)ccc4n3)cc(F)c2n1.Cc1cn2cc(-c3cc(=O)n4cc(N5CC[C@@H](N(C)C)C5)ccc4n3)cc(F)c2n1.Cc1cn2cc(-c3cc(=O)n4cc(N5CC[C@H](N(C)C)C5)ccc4n3)cc(F)c2n1. The van der Waals surface area contributed by atoms with Gasteiger partial charge in [0.2, 0.25) is 0 Å². The van der Waals surface area contributed by atoms with E-state index >= 15 is 0 Å². The molecule has 120 heavy (non-hydrogen) atoms. The Morgan fingerprint density at radius 3 is 0.942 bits per heavy atom. The molecule has 16 aromatic heterocycles. The summed E-state index contributed by atoms with van der Waals surface area (Å²) in [5.74, 6) is -1.77. The minimum atomic E-state index is -0.448. The Morgan fingerprint density at radius 1 is 0.333 bits per heavy atom. The highest BCUT2D eigenvalue weighted by atomic mass is 19.1. The van der Waals surface area contributed by atoms with Gasteiger partial charge in [-0.2, -0.15) is 0 Å². The molecule has 0 saturated carbocycles. The van der Waals surface area contributed by atoms with Crippen molar-refractivity contribution in [3.05, 3.63) is 259 Å². The Bertz CT molecular complexity index is 6750. The number of imidazole rings is 4. The van der Waals surface area contributed by atoms with Crippen LogP contribution in [0.1, 0.15) is 61.3 Å². The third kappa shape index (κ3) is 15.6. The zero-order valence-corrected chi connectivity index (χ0v) is 67.8. The van der Waals surface area contributed by atoms with Crippen LogP contribution in [0.2, 0.25) is 0 Å². The largest absolute Gasteiger partial charge is 0.370 e. The van der Waals surface area contributed by atoms with Crippen LogP contribution in [0.25, 0.3) is 90.2 Å². The van der Waals surface area contributed by atoms with Crippen LogP contribution in [-0.4, -0.2) is 208 Å². The predicted octanol–water partition coefficient (Wildman–Crippen LogP) is 10.3. The molecule has 0 bridgehead atoms. The third-order valence-electron chi connectivity index (χ3n) is 23.6. The van der Waals surface area contributed by atoms with Gasteiger partial charge < -0.3 is 52.7 Å². The van der Waals surface area contributed by atoms with Gasteiger partial charge in [0.25, 0.3) is 22.2 Å². The van der Waals surface area contributed by atoms with Crippen LogP contribution in [0.15, 0.2) is 191 Å². The number of fused-ring (bicyclic) bond motifs is 9. The van der Waals surface area contributed by atoms with Crippen molar-refractivity contribution in [3.63, 3.8) is 0 Å². The topological polar surface area (TPSA) is 255 Å². The maximum Gasteiger partial charge on any atom is 0.258 e. The molecule has 5 aliphatic heterocycles. The number of likely N-dealkylation sites (N-methyl/N-ethyl adjacent to an activating group) is 2. The van der Waals surface area contributed by atoms with Crippen molar-refractivity contribution in [1.29, 1.82) is 0 Å². The molecule has 32 heteroatoms. The van der Waals surface area contributed by atoms with E-state index in [0.29, 0.717) is 85.7 Å². The lowest BCUT2D eigenvalue weighted by Gasteiger charge is -2.38. The highest BCUT2D eigenvalue weighted by Crippen LogP contribution is 2.32. The molecule has 21 rings (SSSR count). The van der Waals surface area contributed by atoms with Crippen molar-refractivity contribution < 1.29 is 17.6 Å². The van der Waals surface area contributed by atoms with E-state index in [1.54, 1.807) is 87.3 Å². The van der Waals surface area contributed by atoms with E-state index in [1.165, 1.54) is 72.3 Å². The van der Waals surface area contributed by atoms with E-state index in [0.717, 1.165) is 130 Å². The molecule has 0 spiro atoms. The minimum absolute atomic E-state index is 0.177. The first kappa shape index (κ1) is 78.2. The van der Waals surface area contributed by atoms with E-state index in [1.807, 2.05) is 94.1 Å². The van der Waals surface area contributed by atoms with Crippen LogP contribution in [0.3, 0.4) is 0 Å². The molecule has 28 nitrogen and oxygen atoms in total. The van der Waals surface area contributed by atoms with Gasteiger partial charge >= 0.3 is 0 Å². The third-order valence-corrected chi connectivity index (χ3v) is 23.6. The monoisotopic (exact) mass is 1620 g/mol. The lowest BCUT2D eigenvalue weighted by molar-refractivity contribution is 0.231. The van der Waals surface area contributed by atoms with Crippen LogP contribution in [0, 0.1) is 51.0 Å². The summed E-state index contributed by atoms with van der Waals surface area (Å²) in [6.07, 6.45) is 27.9. The fourth-order valence-corrected chi connectivity index (χ4v) is 17.2. The molecule has 614 valence electrons. The molecular weight excluding hydrogens is 1530 g/mol. The second kappa shape index (κ2) is 31.7. The number of rotatable bonds is 10. The summed E-state index contributed by atoms with van der Waals surface area (Å²) in [5.41, 5.74) is 19.2. The molecule has 5 aliphatic rings. The van der Waals surface area contributed by atoms with E-state index in [9.17, 15) is 36.7 Å². The van der Waals surface area contributed by atoms with Crippen molar-refractivity contribution in [2.45, 2.75) is 90.4 Å². The lowest BCUT2D eigenvalue weighted by atomic mass is 10.1. The van der Waals surface area contributed by atoms with Gasteiger partial charge in [0.05, 0.1) is 68.3 Å². The average molecular weight is 1620 g/mol. The molecule has 0 radical (unpaired) electrons. The number of piperazine rings is 1. The predicted molar refractivity (Wildman–Crippen MR) is 456 cm³/mol. The molecule has 0 aromatic carbocycles. The number of pyridine rings is 8. The van der Waals surface area contributed by atoms with Gasteiger partial charge in [0, 0.05) is 204 Å². The summed E-state index contributed by atoms with van der Waals surface area (Å²) in [4.78, 5) is 103. The summed E-state index contributed by atoms with van der Waals surface area (Å²) in [5, 5.41) is 0. The van der Waals surface area contributed by atoms with E-state index in [2.05, 4.69) is 102 Å². The molecule has 16 aromatic rings. The van der Waals surface area contributed by atoms with E-state index in [4.69, 9.17) is 5.73 Å². The van der Waals surface area contributed by atoms with Crippen LogP contribution < -0.4 is 47.6 Å². The maximum atomic E-state index is 14.5. The Kier molecular flexibility index (Phi) is 20.6. The average Bonchev–Trinajstić information content (AvgIpc) is 1.53. The highest BCUT2D eigenvalue weighted by Gasteiger charge is 2.32. The van der Waals surface area contributed by atoms with Gasteiger partial charge in [-0.25, -0.2) is 57.4 Å². The number of piperidine rings is 1. The second-order valence-corrected chi connectivity index (χ2v) is 32.4. The Hall–Kier alpha value is -13.0. The van der Waals surface area contributed by atoms with Gasteiger partial charge in [-0.1, -0.05) is 0 Å². The van der Waals surface area contributed by atoms with Crippen molar-refractivity contribution in [2.24, 2.45) is 5.73 Å². The molecule has 0 unspecified atom stereocenters. The number of hydrogen-bond donors (Lipinski definition) is 1. The van der Waals surface area contributed by atoms with Crippen molar-refractivity contribution in [1.82, 2.24) is 89.8 Å². The maximum absolute atomic E-state index is 14.5. The summed E-state index contributed by atoms with van der Waals surface area (Å²) >= 11 is 0. The molecular formula is C88H90F4N24O4. The highest BCUT2D eigenvalue weighted by molar-refractivity contribution is 5.69. The van der Waals surface area contributed by atoms with Gasteiger partial charge in [-0.15, -0.1) is 0 Å². The van der Waals surface area contributed by atoms with E-state index in [-0.39, 0.29) is 50.9 Å². The fraction of sp³-hybridized carbons (Fsp3) is 0.318. The van der Waals surface area contributed by atoms with Gasteiger partial charge in [-0.3, -0.25) is 41.7 Å². The smallest absolute Gasteiger partial charge is 0.258 e. The zero-order chi connectivity index (χ0) is 83.2. The Morgan fingerprint density at radius 2 is 0.633 bits per heavy atom. The minimum Gasteiger partial charge on any atom is -0.370 e. The Labute approximate surface area is 685 Å². The molecule has 0 amide bonds. The quantitative estimate of drug-likeness (QED) is 0.125. The normalized spacial score (nSPS) is 17.2. The molecule has 21 heterocycles. The van der Waals surface area contributed by atoms with Crippen LogP contribution >= 0.6 is 0 Å². The zero-order valence-electron chi connectivity index (χ0n) is 67.8. The lowest BCUT2D eigenvalue weighted by Crippen LogP contribution is -2.50. The summed E-state index contributed by atoms with van der Waals surface area (Å²) in [6, 6.07) is 28.6. The number of aromatic nitrogens is 16. The Balaban J connectivity index is 0.000000110. The van der Waals surface area contributed by atoms with Crippen LogP contribution in [0.4, 0.5) is 40.3 Å². The first-order valence-corrected chi connectivity index (χ1v) is 40.4. The van der Waals surface area contributed by atoms with Crippen LogP contribution in [0.5, 0.6) is 0 Å². The number of aryl methyl sites for hydroxylation is 4. The summed E-state index contributed by atoms with van der Waals surface area (Å²) < 4.78 is 70.6. The number of halogens is 4. The first-order valence-electron chi connectivity index (χ1n) is 40.4. The number of nitrogens with zero attached hydrogens (tertiary/aromatic N) is 23. The van der Waals surface area contributed by atoms with Gasteiger partial charge in [-0.05, 0) is 174 Å². The number of anilines is 4. The van der Waals surface area contributed by atoms with Crippen LogP contribution in [-0.2, 0) is 0 Å². The molecule has 5 saturated heterocycles. The first-order chi connectivity index (χ1) is 57.8. The molecule has 2 N–H and O–H groups in total. The second-order valence-electron chi connectivity index (χ2n) is 32.4. The van der Waals surface area contributed by atoms with E-state index < -0.39 is 23.3 Å². The molecule has 0 aliphatic carbocycles. The van der Waals surface area contributed by atoms with Crippen molar-refractivity contribution in [2.75, 3.05) is 113 Å². The summed E-state index contributed by atoms with van der Waals surface area (Å²) in [6.45, 7) is 17.0. The van der Waals surface area contributed by atoms with Gasteiger partial charge in [0.1, 0.15) is 22.6 Å². The summed E-state index contributed by atoms with van der Waals surface area (Å²) in [7, 11) is 8.37. The van der Waals surface area contributed by atoms with Crippen molar-refractivity contribution >= 4 is 67.9 Å².